The average Bonchev–Trinajstić information content (AvgIpc) is 2.62. The molecule has 1 aromatic carbocycles. The monoisotopic (exact) mass is 459 g/mol. The second-order valence-corrected chi connectivity index (χ2v) is 8.03. The fourth-order valence-electron chi connectivity index (χ4n) is 4.03. The predicted octanol–water partition coefficient (Wildman–Crippen LogP) is 5.98. The molecule has 1 saturated carbocycles. The van der Waals surface area contributed by atoms with Crippen molar-refractivity contribution < 1.29 is 14.6 Å². The Bertz CT molecular complexity index is 560. The molecule has 1 aliphatic carbocycles. The molecule has 0 spiro atoms. The summed E-state index contributed by atoms with van der Waals surface area (Å²) in [6.07, 6.45) is 8.18. The summed E-state index contributed by atoms with van der Waals surface area (Å²) in [5, 5.41) is 10.1. The quantitative estimate of drug-likeness (QED) is 0.296. The number of carboxylic acid groups (broad SMARTS) is 1. The maximum Gasteiger partial charge on any atom is 0.410 e. The highest BCUT2D eigenvalue weighted by Crippen LogP contribution is 2.41. The number of rotatable bonds is 8. The highest BCUT2D eigenvalue weighted by molar-refractivity contribution is 14.1. The molecule has 1 amide bonds. The highest BCUT2D eigenvalue weighted by atomic mass is 127. The molecule has 0 saturated heterocycles. The molecular weight excluding hydrogens is 429 g/mol. The number of hydrogen-bond donors (Lipinski definition) is 1. The third-order valence-corrected chi connectivity index (χ3v) is 6.23. The zero-order chi connectivity index (χ0) is 18.3. The summed E-state index contributed by atoms with van der Waals surface area (Å²) in [6.45, 7) is 2.16. The molecule has 4 nitrogen and oxygen atoms in total. The van der Waals surface area contributed by atoms with E-state index in [9.17, 15) is 9.90 Å². The van der Waals surface area contributed by atoms with Gasteiger partial charge >= 0.3 is 6.09 Å². The molecule has 0 unspecified atom stereocenters. The van der Waals surface area contributed by atoms with Crippen molar-refractivity contribution in [2.45, 2.75) is 76.5 Å². The zero-order valence-corrected chi connectivity index (χ0v) is 17.5. The standard InChI is InChI=1S/C20H30INO3/c1-3-4-10-15-20(25-2,17-13-8-9-14-18(17)21)22(19(23)24)16-11-6-5-7-12-16/h8-9,13-14,16H,3-7,10-12,15H2,1-2H3,(H,23,24)/t20-/m0/s1. The molecule has 1 aliphatic rings. The van der Waals surface area contributed by atoms with Gasteiger partial charge in [-0.25, -0.2) is 4.79 Å². The number of unbranched alkanes of at least 4 members (excludes halogenated alkanes) is 2. The van der Waals surface area contributed by atoms with Gasteiger partial charge in [-0.3, -0.25) is 4.90 Å². The van der Waals surface area contributed by atoms with Gasteiger partial charge < -0.3 is 9.84 Å². The van der Waals surface area contributed by atoms with Crippen LogP contribution in [0, 0.1) is 3.57 Å². The number of ether oxygens (including phenoxy) is 1. The number of amides is 1. The van der Waals surface area contributed by atoms with Crippen molar-refractivity contribution in [3.05, 3.63) is 33.4 Å². The largest absolute Gasteiger partial charge is 0.465 e. The number of nitrogens with zero attached hydrogens (tertiary/aromatic N) is 1. The van der Waals surface area contributed by atoms with Crippen molar-refractivity contribution in [1.29, 1.82) is 0 Å². The topological polar surface area (TPSA) is 49.8 Å². The molecule has 1 atom stereocenters. The highest BCUT2D eigenvalue weighted by Gasteiger charge is 2.46. The van der Waals surface area contributed by atoms with E-state index in [0.717, 1.165) is 54.1 Å². The molecule has 0 aromatic heterocycles. The smallest absolute Gasteiger partial charge is 0.410 e. The van der Waals surface area contributed by atoms with E-state index < -0.39 is 11.8 Å². The Morgan fingerprint density at radius 1 is 1.28 bits per heavy atom. The van der Waals surface area contributed by atoms with Gasteiger partial charge in [0.05, 0.1) is 0 Å². The molecule has 0 aliphatic heterocycles. The first-order valence-corrected chi connectivity index (χ1v) is 10.5. The van der Waals surface area contributed by atoms with E-state index in [1.54, 1.807) is 12.0 Å². The Balaban J connectivity index is 2.49. The third-order valence-electron chi connectivity index (χ3n) is 5.29. The fraction of sp³-hybridized carbons (Fsp3) is 0.650. The lowest BCUT2D eigenvalue weighted by Crippen LogP contribution is -2.56. The molecule has 1 fully saturated rings. The number of methoxy groups -OCH3 is 1. The number of benzene rings is 1. The molecule has 140 valence electrons. The van der Waals surface area contributed by atoms with Crippen LogP contribution in [0.3, 0.4) is 0 Å². The summed E-state index contributed by atoms with van der Waals surface area (Å²) in [6, 6.07) is 8.05. The Hall–Kier alpha value is -0.820. The summed E-state index contributed by atoms with van der Waals surface area (Å²) in [5.41, 5.74) is 0.0722. The van der Waals surface area contributed by atoms with Crippen LogP contribution in [0.4, 0.5) is 4.79 Å². The molecule has 0 bridgehead atoms. The first-order valence-electron chi connectivity index (χ1n) is 9.39. The first kappa shape index (κ1) is 20.5. The van der Waals surface area contributed by atoms with Crippen LogP contribution in [0.15, 0.2) is 24.3 Å². The lowest BCUT2D eigenvalue weighted by atomic mass is 9.88. The van der Waals surface area contributed by atoms with E-state index in [0.29, 0.717) is 6.42 Å². The predicted molar refractivity (Wildman–Crippen MR) is 109 cm³/mol. The van der Waals surface area contributed by atoms with Crippen molar-refractivity contribution in [1.82, 2.24) is 4.90 Å². The normalized spacial score (nSPS) is 17.9. The maximum absolute atomic E-state index is 12.4. The SMILES string of the molecule is CCCCC[C@](OC)(c1ccccc1I)N(C(=O)O)C1CCCCC1. The van der Waals surface area contributed by atoms with E-state index in [4.69, 9.17) is 4.74 Å². The summed E-state index contributed by atoms with van der Waals surface area (Å²) in [4.78, 5) is 14.0. The molecule has 1 aromatic rings. The molecule has 2 rings (SSSR count). The minimum absolute atomic E-state index is 0.0313. The average molecular weight is 459 g/mol. The second kappa shape index (κ2) is 9.76. The van der Waals surface area contributed by atoms with Gasteiger partial charge in [0.2, 0.25) is 0 Å². The van der Waals surface area contributed by atoms with E-state index >= 15 is 0 Å². The van der Waals surface area contributed by atoms with Gasteiger partial charge in [0.1, 0.15) is 0 Å². The summed E-state index contributed by atoms with van der Waals surface area (Å²) in [7, 11) is 1.66. The fourth-order valence-corrected chi connectivity index (χ4v) is 4.84. The van der Waals surface area contributed by atoms with E-state index in [1.807, 2.05) is 24.3 Å². The lowest BCUT2D eigenvalue weighted by molar-refractivity contribution is -0.154. The molecule has 25 heavy (non-hydrogen) atoms. The summed E-state index contributed by atoms with van der Waals surface area (Å²) < 4.78 is 7.12. The van der Waals surface area contributed by atoms with Gasteiger partial charge in [-0.2, -0.15) is 0 Å². The molecule has 0 radical (unpaired) electrons. The van der Waals surface area contributed by atoms with Crippen LogP contribution in [0.2, 0.25) is 0 Å². The Labute approximate surface area is 165 Å². The first-order chi connectivity index (χ1) is 12.1. The van der Waals surface area contributed by atoms with Gasteiger partial charge in [0.15, 0.2) is 5.72 Å². The molecule has 5 heteroatoms. The number of halogens is 1. The van der Waals surface area contributed by atoms with Crippen molar-refractivity contribution >= 4 is 28.7 Å². The Kier molecular flexibility index (Phi) is 8.00. The lowest BCUT2D eigenvalue weighted by Gasteiger charge is -2.47. The minimum Gasteiger partial charge on any atom is -0.465 e. The zero-order valence-electron chi connectivity index (χ0n) is 15.3. The number of hydrogen-bond acceptors (Lipinski definition) is 2. The third kappa shape index (κ3) is 4.67. The maximum atomic E-state index is 12.4. The van der Waals surface area contributed by atoms with Gasteiger partial charge in [-0.1, -0.05) is 57.2 Å². The van der Waals surface area contributed by atoms with Gasteiger partial charge in [0, 0.05) is 28.7 Å². The molecule has 0 heterocycles. The van der Waals surface area contributed by atoms with Crippen LogP contribution in [0.5, 0.6) is 0 Å². The van der Waals surface area contributed by atoms with Crippen molar-refractivity contribution in [2.75, 3.05) is 7.11 Å². The Morgan fingerprint density at radius 3 is 2.52 bits per heavy atom. The Morgan fingerprint density at radius 2 is 1.96 bits per heavy atom. The van der Waals surface area contributed by atoms with E-state index in [1.165, 1.54) is 6.42 Å². The van der Waals surface area contributed by atoms with Crippen LogP contribution in [-0.2, 0) is 10.5 Å². The van der Waals surface area contributed by atoms with Crippen LogP contribution in [-0.4, -0.2) is 29.3 Å². The second-order valence-electron chi connectivity index (χ2n) is 6.87. The van der Waals surface area contributed by atoms with Gasteiger partial charge in [-0.15, -0.1) is 0 Å². The van der Waals surface area contributed by atoms with E-state index in [2.05, 4.69) is 29.5 Å². The summed E-state index contributed by atoms with van der Waals surface area (Å²) >= 11 is 2.30. The van der Waals surface area contributed by atoms with Crippen LogP contribution in [0.1, 0.15) is 70.3 Å². The number of carbonyl (C=O) groups is 1. The molecular formula is C20H30INO3. The van der Waals surface area contributed by atoms with E-state index in [-0.39, 0.29) is 6.04 Å². The molecule has 1 N–H and O–H groups in total. The van der Waals surface area contributed by atoms with Crippen molar-refractivity contribution in [2.24, 2.45) is 0 Å². The van der Waals surface area contributed by atoms with Crippen molar-refractivity contribution in [3.8, 4) is 0 Å². The van der Waals surface area contributed by atoms with Crippen LogP contribution < -0.4 is 0 Å². The van der Waals surface area contributed by atoms with Gasteiger partial charge in [-0.05, 0) is 47.9 Å². The van der Waals surface area contributed by atoms with Crippen LogP contribution >= 0.6 is 22.6 Å². The minimum atomic E-state index is -0.902. The van der Waals surface area contributed by atoms with Crippen molar-refractivity contribution in [3.63, 3.8) is 0 Å². The van der Waals surface area contributed by atoms with Gasteiger partial charge in [0.25, 0.3) is 0 Å². The summed E-state index contributed by atoms with van der Waals surface area (Å²) in [5.74, 6) is 0. The van der Waals surface area contributed by atoms with Crippen LogP contribution in [0.25, 0.3) is 0 Å².